The Morgan fingerprint density at radius 1 is 1.15 bits per heavy atom. The predicted molar refractivity (Wildman–Crippen MR) is 107 cm³/mol. The quantitative estimate of drug-likeness (QED) is 0.456. The molecule has 1 aromatic carbocycles. The fraction of sp³-hybridized carbons (Fsp3) is 0.409. The minimum atomic E-state index is -0.230. The molecule has 0 N–H and O–H groups in total. The summed E-state index contributed by atoms with van der Waals surface area (Å²) >= 11 is 0. The summed E-state index contributed by atoms with van der Waals surface area (Å²) in [5, 5.41) is 0.950. The largest absolute Gasteiger partial charge is 0.462 e. The number of rotatable bonds is 7. The van der Waals surface area contributed by atoms with Gasteiger partial charge in [0.25, 0.3) is 0 Å². The number of hydrogen-bond acceptors (Lipinski definition) is 3. The topological polar surface area (TPSA) is 34.0 Å². The fourth-order valence-corrected chi connectivity index (χ4v) is 3.49. The molecule has 1 unspecified atom stereocenters. The van der Waals surface area contributed by atoms with Crippen molar-refractivity contribution < 1.29 is 9.53 Å². The summed E-state index contributed by atoms with van der Waals surface area (Å²) in [5.74, 6) is 0.182. The summed E-state index contributed by atoms with van der Waals surface area (Å²) in [4.78, 5) is 14.9. The highest BCUT2D eigenvalue weighted by molar-refractivity contribution is 6.11. The highest BCUT2D eigenvalue weighted by Gasteiger charge is 2.20. The van der Waals surface area contributed by atoms with Crippen molar-refractivity contribution in [3.63, 3.8) is 0 Å². The molecule has 0 bridgehead atoms. The lowest BCUT2D eigenvalue weighted by molar-refractivity contribution is 0.0504. The summed E-state index contributed by atoms with van der Waals surface area (Å²) in [6.45, 7) is 5.77. The second-order valence-electron chi connectivity index (χ2n) is 7.26. The third kappa shape index (κ3) is 3.61. The molecule has 0 aliphatic rings. The monoisotopic (exact) mass is 352 g/mol. The van der Waals surface area contributed by atoms with Crippen molar-refractivity contribution in [2.75, 3.05) is 27.2 Å². The van der Waals surface area contributed by atoms with Crippen molar-refractivity contribution >= 4 is 22.4 Å². The molecular weight excluding hydrogens is 324 g/mol. The van der Waals surface area contributed by atoms with Gasteiger partial charge in [-0.15, -0.1) is 0 Å². The molecule has 1 atom stereocenters. The number of pyridine rings is 1. The molecule has 0 aliphatic carbocycles. The number of fused-ring (bicyclic) bond motifs is 3. The van der Waals surface area contributed by atoms with Gasteiger partial charge < -0.3 is 14.0 Å². The van der Waals surface area contributed by atoms with Gasteiger partial charge in [-0.05, 0) is 44.1 Å². The van der Waals surface area contributed by atoms with Crippen LogP contribution in [0.3, 0.4) is 0 Å². The highest BCUT2D eigenvalue weighted by atomic mass is 16.5. The molecule has 3 aromatic rings. The third-order valence-electron chi connectivity index (χ3n) is 4.80. The Balaban J connectivity index is 2.08. The smallest absolute Gasteiger partial charge is 0.340 e. The summed E-state index contributed by atoms with van der Waals surface area (Å²) in [7, 11) is 4.18. The van der Waals surface area contributed by atoms with Crippen LogP contribution < -0.4 is 0 Å². The molecule has 0 spiro atoms. The lowest BCUT2D eigenvalue weighted by Gasteiger charge is -2.17. The Labute approximate surface area is 155 Å². The van der Waals surface area contributed by atoms with Crippen LogP contribution in [0, 0.1) is 0 Å². The van der Waals surface area contributed by atoms with E-state index < -0.39 is 0 Å². The van der Waals surface area contributed by atoms with Crippen molar-refractivity contribution in [1.29, 1.82) is 0 Å². The molecule has 4 heteroatoms. The SMILES string of the molecule is CCCCOC(=O)c1c2ccccc2n2cc(C(C)CN(C)C)ccc12. The number of benzene rings is 1. The van der Waals surface area contributed by atoms with Gasteiger partial charge in [0.15, 0.2) is 0 Å². The number of carbonyl (C=O) groups is 1. The van der Waals surface area contributed by atoms with Crippen LogP contribution in [0.2, 0.25) is 0 Å². The van der Waals surface area contributed by atoms with Crippen molar-refractivity contribution in [2.24, 2.45) is 0 Å². The molecule has 2 aromatic heterocycles. The van der Waals surface area contributed by atoms with E-state index >= 15 is 0 Å². The molecule has 3 rings (SSSR count). The molecule has 0 aliphatic heterocycles. The van der Waals surface area contributed by atoms with Gasteiger partial charge in [-0.1, -0.05) is 44.5 Å². The zero-order valence-corrected chi connectivity index (χ0v) is 16.2. The van der Waals surface area contributed by atoms with Crippen LogP contribution in [-0.4, -0.2) is 42.5 Å². The van der Waals surface area contributed by atoms with E-state index in [0.717, 1.165) is 35.8 Å². The number of nitrogens with zero attached hydrogens (tertiary/aromatic N) is 2. The van der Waals surface area contributed by atoms with Crippen LogP contribution in [-0.2, 0) is 4.74 Å². The number of unbranched alkanes of at least 4 members (excludes halogenated alkanes) is 1. The van der Waals surface area contributed by atoms with Crippen LogP contribution in [0.5, 0.6) is 0 Å². The van der Waals surface area contributed by atoms with Crippen molar-refractivity contribution in [3.8, 4) is 0 Å². The summed E-state index contributed by atoms with van der Waals surface area (Å²) in [6.07, 6.45) is 4.06. The Bertz CT molecular complexity index is 911. The fourth-order valence-electron chi connectivity index (χ4n) is 3.49. The molecule has 0 radical (unpaired) electrons. The van der Waals surface area contributed by atoms with Crippen LogP contribution in [0.4, 0.5) is 0 Å². The Kier molecular flexibility index (Phi) is 5.62. The van der Waals surface area contributed by atoms with Crippen LogP contribution in [0.1, 0.15) is 48.5 Å². The molecule has 2 heterocycles. The number of carbonyl (C=O) groups excluding carboxylic acids is 1. The van der Waals surface area contributed by atoms with Gasteiger partial charge in [0.1, 0.15) is 0 Å². The molecule has 4 nitrogen and oxygen atoms in total. The molecule has 0 fully saturated rings. The molecule has 0 amide bonds. The molecule has 0 saturated heterocycles. The average Bonchev–Trinajstić information content (AvgIpc) is 2.95. The maximum absolute atomic E-state index is 12.7. The lowest BCUT2D eigenvalue weighted by atomic mass is 10.0. The summed E-state index contributed by atoms with van der Waals surface area (Å²) in [5.41, 5.74) is 3.89. The number of esters is 1. The van der Waals surface area contributed by atoms with Gasteiger partial charge in [0.05, 0.1) is 23.2 Å². The van der Waals surface area contributed by atoms with E-state index in [9.17, 15) is 4.79 Å². The minimum absolute atomic E-state index is 0.230. The van der Waals surface area contributed by atoms with E-state index in [1.807, 2.05) is 18.2 Å². The highest BCUT2D eigenvalue weighted by Crippen LogP contribution is 2.29. The summed E-state index contributed by atoms with van der Waals surface area (Å²) in [6, 6.07) is 12.2. The van der Waals surface area contributed by atoms with Gasteiger partial charge in [0.2, 0.25) is 0 Å². The third-order valence-corrected chi connectivity index (χ3v) is 4.80. The van der Waals surface area contributed by atoms with E-state index in [-0.39, 0.29) is 5.97 Å². The predicted octanol–water partition coefficient (Wildman–Crippen LogP) is 4.71. The van der Waals surface area contributed by atoms with Crippen molar-refractivity contribution in [3.05, 3.63) is 53.7 Å². The van der Waals surface area contributed by atoms with Crippen molar-refractivity contribution in [2.45, 2.75) is 32.6 Å². The zero-order chi connectivity index (χ0) is 18.7. The first kappa shape index (κ1) is 18.5. The molecular formula is C22H28N2O2. The standard InChI is InChI=1S/C22H28N2O2/c1-5-6-13-26-22(25)21-18-9-7-8-10-19(18)24-15-17(11-12-20(21)24)16(2)14-23(3)4/h7-12,15-16H,5-6,13-14H2,1-4H3. The normalized spacial score (nSPS) is 12.8. The Morgan fingerprint density at radius 3 is 2.65 bits per heavy atom. The van der Waals surface area contributed by atoms with E-state index in [1.54, 1.807) is 0 Å². The van der Waals surface area contributed by atoms with E-state index in [1.165, 1.54) is 5.56 Å². The lowest BCUT2D eigenvalue weighted by Crippen LogP contribution is -2.18. The Hall–Kier alpha value is -2.33. The molecule has 26 heavy (non-hydrogen) atoms. The van der Waals surface area contributed by atoms with Gasteiger partial charge in [-0.25, -0.2) is 4.79 Å². The minimum Gasteiger partial charge on any atom is -0.462 e. The van der Waals surface area contributed by atoms with E-state index in [2.05, 4.69) is 61.6 Å². The number of hydrogen-bond donors (Lipinski definition) is 0. The van der Waals surface area contributed by atoms with Gasteiger partial charge in [-0.2, -0.15) is 0 Å². The van der Waals surface area contributed by atoms with Crippen LogP contribution in [0.15, 0.2) is 42.6 Å². The number of aromatic nitrogens is 1. The first-order chi connectivity index (χ1) is 12.5. The number of para-hydroxylation sites is 1. The van der Waals surface area contributed by atoms with Crippen LogP contribution >= 0.6 is 0 Å². The second-order valence-corrected chi connectivity index (χ2v) is 7.26. The van der Waals surface area contributed by atoms with E-state index in [4.69, 9.17) is 4.74 Å². The maximum atomic E-state index is 12.7. The maximum Gasteiger partial charge on any atom is 0.340 e. The molecule has 0 saturated carbocycles. The Morgan fingerprint density at radius 2 is 1.92 bits per heavy atom. The van der Waals surface area contributed by atoms with E-state index in [0.29, 0.717) is 18.1 Å². The average molecular weight is 352 g/mol. The van der Waals surface area contributed by atoms with Gasteiger partial charge in [0, 0.05) is 18.1 Å². The number of ether oxygens (including phenoxy) is 1. The first-order valence-corrected chi connectivity index (χ1v) is 9.37. The van der Waals surface area contributed by atoms with Crippen molar-refractivity contribution in [1.82, 2.24) is 9.30 Å². The first-order valence-electron chi connectivity index (χ1n) is 9.37. The van der Waals surface area contributed by atoms with Crippen LogP contribution in [0.25, 0.3) is 16.4 Å². The van der Waals surface area contributed by atoms with Gasteiger partial charge in [-0.3, -0.25) is 0 Å². The molecule has 138 valence electrons. The second kappa shape index (κ2) is 7.92. The number of likely N-dealkylation sites (N-methyl/N-ethyl adjacent to an activating group) is 1. The zero-order valence-electron chi connectivity index (χ0n) is 16.2. The van der Waals surface area contributed by atoms with Gasteiger partial charge >= 0.3 is 5.97 Å². The summed E-state index contributed by atoms with van der Waals surface area (Å²) < 4.78 is 7.65.